The van der Waals surface area contributed by atoms with Crippen molar-refractivity contribution in [2.24, 2.45) is 0 Å². The Morgan fingerprint density at radius 1 is 1.58 bits per heavy atom. The number of nitrogens with one attached hydrogen (secondary N) is 1. The highest BCUT2D eigenvalue weighted by Crippen LogP contribution is 2.19. The summed E-state index contributed by atoms with van der Waals surface area (Å²) in [6.45, 7) is 2.14. The third kappa shape index (κ3) is 3.24. The Labute approximate surface area is 113 Å². The smallest absolute Gasteiger partial charge is 0.287 e. The molecule has 0 saturated carbocycles. The summed E-state index contributed by atoms with van der Waals surface area (Å²) in [7, 11) is 0. The number of aliphatic hydroxyl groups is 1. The van der Waals surface area contributed by atoms with Crippen molar-refractivity contribution in [1.29, 1.82) is 0 Å². The Kier molecular flexibility index (Phi) is 4.03. The van der Waals surface area contributed by atoms with Crippen LogP contribution < -0.4 is 5.32 Å². The fraction of sp³-hybridized carbons (Fsp3) is 0.273. The minimum absolute atomic E-state index is 0.0279. The normalized spacial score (nSPS) is 10.4. The zero-order valence-corrected chi connectivity index (χ0v) is 11.0. The van der Waals surface area contributed by atoms with Gasteiger partial charge in [-0.3, -0.25) is 10.1 Å². The molecule has 7 nitrogen and oxygen atoms in total. The average Bonchev–Trinajstić information content (AvgIpc) is 2.85. The van der Waals surface area contributed by atoms with Gasteiger partial charge in [-0.2, -0.15) is 0 Å². The fourth-order valence-corrected chi connectivity index (χ4v) is 2.23. The van der Waals surface area contributed by atoms with E-state index in [0.29, 0.717) is 23.6 Å². The van der Waals surface area contributed by atoms with Crippen LogP contribution in [0.25, 0.3) is 0 Å². The van der Waals surface area contributed by atoms with Crippen LogP contribution in [-0.2, 0) is 13.2 Å². The van der Waals surface area contributed by atoms with Crippen LogP contribution in [0.5, 0.6) is 0 Å². The van der Waals surface area contributed by atoms with Crippen molar-refractivity contribution in [3.63, 3.8) is 0 Å². The van der Waals surface area contributed by atoms with Gasteiger partial charge in [0.15, 0.2) is 0 Å². The highest BCUT2D eigenvalue weighted by atomic mass is 32.1. The Morgan fingerprint density at radius 2 is 2.37 bits per heavy atom. The first-order valence-corrected chi connectivity index (χ1v) is 6.37. The largest absolute Gasteiger partial charge is 0.390 e. The second kappa shape index (κ2) is 5.72. The summed E-state index contributed by atoms with van der Waals surface area (Å²) in [6.07, 6.45) is 1.22. The molecule has 0 aliphatic rings. The molecule has 0 aliphatic carbocycles. The summed E-state index contributed by atoms with van der Waals surface area (Å²) < 4.78 is 0. The standard InChI is InChI=1S/C11H12N4O3S/c1-7-2-9(15(17)18)3-12-11(7)13-4-10-14-8(5-16)6-19-10/h2-3,6,16H,4-5H2,1H3,(H,12,13). The molecule has 0 bridgehead atoms. The van der Waals surface area contributed by atoms with Crippen LogP contribution in [0.4, 0.5) is 11.5 Å². The van der Waals surface area contributed by atoms with Crippen LogP contribution in [0, 0.1) is 17.0 Å². The summed E-state index contributed by atoms with van der Waals surface area (Å²) >= 11 is 1.44. The van der Waals surface area contributed by atoms with E-state index in [-0.39, 0.29) is 12.3 Å². The zero-order valence-electron chi connectivity index (χ0n) is 10.2. The van der Waals surface area contributed by atoms with E-state index in [1.165, 1.54) is 23.6 Å². The predicted octanol–water partition coefficient (Wildman–Crippen LogP) is 1.86. The minimum atomic E-state index is -0.474. The first-order valence-electron chi connectivity index (χ1n) is 5.49. The van der Waals surface area contributed by atoms with E-state index in [1.807, 2.05) is 0 Å². The maximum atomic E-state index is 10.6. The van der Waals surface area contributed by atoms with Crippen molar-refractivity contribution >= 4 is 22.8 Å². The molecule has 2 aromatic rings. The first kappa shape index (κ1) is 13.4. The van der Waals surface area contributed by atoms with E-state index < -0.39 is 4.92 Å². The second-order valence-electron chi connectivity index (χ2n) is 3.86. The maximum Gasteiger partial charge on any atom is 0.287 e. The highest BCUT2D eigenvalue weighted by molar-refractivity contribution is 7.09. The Balaban J connectivity index is 2.05. The molecule has 0 unspecified atom stereocenters. The second-order valence-corrected chi connectivity index (χ2v) is 4.80. The predicted molar refractivity (Wildman–Crippen MR) is 71.0 cm³/mol. The summed E-state index contributed by atoms with van der Waals surface area (Å²) in [6, 6.07) is 1.47. The number of aryl methyl sites for hydroxylation is 1. The van der Waals surface area contributed by atoms with E-state index in [2.05, 4.69) is 15.3 Å². The van der Waals surface area contributed by atoms with Crippen molar-refractivity contribution in [1.82, 2.24) is 9.97 Å². The Bertz CT molecular complexity index is 599. The SMILES string of the molecule is Cc1cc([N+](=O)[O-])cnc1NCc1nc(CO)cs1. The molecule has 0 radical (unpaired) electrons. The monoisotopic (exact) mass is 280 g/mol. The summed E-state index contributed by atoms with van der Waals surface area (Å²) in [5, 5.41) is 25.2. The van der Waals surface area contributed by atoms with Gasteiger partial charge in [-0.05, 0) is 12.5 Å². The molecule has 0 fully saturated rings. The van der Waals surface area contributed by atoms with Gasteiger partial charge in [-0.25, -0.2) is 9.97 Å². The molecule has 2 N–H and O–H groups in total. The lowest BCUT2D eigenvalue weighted by molar-refractivity contribution is -0.385. The van der Waals surface area contributed by atoms with Gasteiger partial charge in [0.05, 0.1) is 23.8 Å². The lowest BCUT2D eigenvalue weighted by Gasteiger charge is -2.06. The minimum Gasteiger partial charge on any atom is -0.390 e. The molecule has 2 rings (SSSR count). The van der Waals surface area contributed by atoms with Crippen molar-refractivity contribution in [2.45, 2.75) is 20.1 Å². The van der Waals surface area contributed by atoms with Gasteiger partial charge in [-0.15, -0.1) is 11.3 Å². The molecule has 0 amide bonds. The molecule has 0 atom stereocenters. The van der Waals surface area contributed by atoms with Crippen LogP contribution in [0.15, 0.2) is 17.6 Å². The fourth-order valence-electron chi connectivity index (χ4n) is 1.51. The lowest BCUT2D eigenvalue weighted by atomic mass is 10.2. The molecule has 2 heterocycles. The number of hydrogen-bond acceptors (Lipinski definition) is 7. The summed E-state index contributed by atoms with van der Waals surface area (Å²) in [4.78, 5) is 18.3. The number of aromatic nitrogens is 2. The van der Waals surface area contributed by atoms with Crippen molar-refractivity contribution < 1.29 is 10.0 Å². The van der Waals surface area contributed by atoms with Crippen LogP contribution in [0.1, 0.15) is 16.3 Å². The number of aliphatic hydroxyl groups excluding tert-OH is 1. The Morgan fingerprint density at radius 3 is 2.95 bits per heavy atom. The molecule has 0 aliphatic heterocycles. The van der Waals surface area contributed by atoms with Gasteiger partial charge in [0, 0.05) is 11.4 Å². The molecule has 8 heteroatoms. The zero-order chi connectivity index (χ0) is 13.8. The van der Waals surface area contributed by atoms with E-state index in [1.54, 1.807) is 12.3 Å². The Hall–Kier alpha value is -2.06. The van der Waals surface area contributed by atoms with Crippen molar-refractivity contribution in [3.05, 3.63) is 44.0 Å². The molecule has 2 aromatic heterocycles. The van der Waals surface area contributed by atoms with Crippen LogP contribution in [0.3, 0.4) is 0 Å². The third-order valence-corrected chi connectivity index (χ3v) is 3.34. The summed E-state index contributed by atoms with van der Waals surface area (Å²) in [5.74, 6) is 0.589. The molecule has 100 valence electrons. The van der Waals surface area contributed by atoms with Crippen molar-refractivity contribution in [3.8, 4) is 0 Å². The van der Waals surface area contributed by atoms with E-state index in [0.717, 1.165) is 5.01 Å². The van der Waals surface area contributed by atoms with Gasteiger partial charge in [-0.1, -0.05) is 0 Å². The topological polar surface area (TPSA) is 101 Å². The molecular weight excluding hydrogens is 268 g/mol. The highest BCUT2D eigenvalue weighted by Gasteiger charge is 2.09. The third-order valence-electron chi connectivity index (χ3n) is 2.44. The number of pyridine rings is 1. The van der Waals surface area contributed by atoms with E-state index >= 15 is 0 Å². The van der Waals surface area contributed by atoms with Gasteiger partial charge < -0.3 is 10.4 Å². The van der Waals surface area contributed by atoms with Crippen LogP contribution in [-0.4, -0.2) is 20.0 Å². The van der Waals surface area contributed by atoms with Crippen molar-refractivity contribution in [2.75, 3.05) is 5.32 Å². The van der Waals surface area contributed by atoms with Gasteiger partial charge in [0.2, 0.25) is 0 Å². The van der Waals surface area contributed by atoms with E-state index in [9.17, 15) is 10.1 Å². The van der Waals surface area contributed by atoms with Crippen LogP contribution >= 0.6 is 11.3 Å². The molecule has 0 spiro atoms. The number of rotatable bonds is 5. The van der Waals surface area contributed by atoms with Crippen LogP contribution in [0.2, 0.25) is 0 Å². The lowest BCUT2D eigenvalue weighted by Crippen LogP contribution is -2.04. The first-order chi connectivity index (χ1) is 9.10. The number of nitro groups is 1. The quantitative estimate of drug-likeness (QED) is 0.640. The van der Waals surface area contributed by atoms with E-state index in [4.69, 9.17) is 5.11 Å². The number of thiazole rings is 1. The number of anilines is 1. The number of nitrogens with zero attached hydrogens (tertiary/aromatic N) is 3. The molecule has 0 aromatic carbocycles. The van der Waals surface area contributed by atoms with Gasteiger partial charge >= 0.3 is 0 Å². The molecular formula is C11H12N4O3S. The molecule has 19 heavy (non-hydrogen) atoms. The summed E-state index contributed by atoms with van der Waals surface area (Å²) in [5.41, 5.74) is 1.31. The van der Waals surface area contributed by atoms with Gasteiger partial charge in [0.25, 0.3) is 5.69 Å². The van der Waals surface area contributed by atoms with Gasteiger partial charge in [0.1, 0.15) is 17.0 Å². The molecule has 0 saturated heterocycles. The average molecular weight is 280 g/mol. The maximum absolute atomic E-state index is 10.6. The number of hydrogen-bond donors (Lipinski definition) is 2.